The first-order valence-corrected chi connectivity index (χ1v) is 6.98. The zero-order valence-corrected chi connectivity index (χ0v) is 13.1. The number of aryl methyl sites for hydroxylation is 1. The molecule has 23 heavy (non-hydrogen) atoms. The van der Waals surface area contributed by atoms with Crippen molar-refractivity contribution in [1.82, 2.24) is 9.78 Å². The van der Waals surface area contributed by atoms with Crippen molar-refractivity contribution in [3.63, 3.8) is 0 Å². The Balaban J connectivity index is 2.26. The molecule has 0 radical (unpaired) electrons. The molecular weight excluding hydrogens is 298 g/mol. The molecule has 1 N–H and O–H groups in total. The second kappa shape index (κ2) is 6.87. The number of rotatable bonds is 4. The van der Waals surface area contributed by atoms with Gasteiger partial charge in [0, 0.05) is 11.8 Å². The van der Waals surface area contributed by atoms with Crippen molar-refractivity contribution in [2.45, 2.75) is 19.9 Å². The lowest BCUT2D eigenvalue weighted by molar-refractivity contribution is -0.144. The highest BCUT2D eigenvalue weighted by atomic mass is 16.5. The van der Waals surface area contributed by atoms with Gasteiger partial charge in [-0.15, -0.1) is 0 Å². The van der Waals surface area contributed by atoms with Gasteiger partial charge in [0.05, 0.1) is 7.11 Å². The fourth-order valence-corrected chi connectivity index (χ4v) is 1.93. The number of hydrogen-bond donors (Lipinski definition) is 1. The van der Waals surface area contributed by atoms with Crippen LogP contribution < -0.4 is 10.9 Å². The van der Waals surface area contributed by atoms with Gasteiger partial charge in [0.1, 0.15) is 5.69 Å². The lowest BCUT2D eigenvalue weighted by atomic mass is 10.2. The van der Waals surface area contributed by atoms with Crippen LogP contribution >= 0.6 is 0 Å². The molecule has 1 atom stereocenters. The topological polar surface area (TPSA) is 90.3 Å². The highest BCUT2D eigenvalue weighted by molar-refractivity contribution is 6.02. The van der Waals surface area contributed by atoms with Crippen molar-refractivity contribution in [3.8, 4) is 0 Å². The van der Waals surface area contributed by atoms with Crippen molar-refractivity contribution in [3.05, 3.63) is 58.0 Å². The molecule has 0 spiro atoms. The van der Waals surface area contributed by atoms with Crippen LogP contribution in [0.3, 0.4) is 0 Å². The summed E-state index contributed by atoms with van der Waals surface area (Å²) in [5.74, 6) is -1.09. The van der Waals surface area contributed by atoms with Crippen molar-refractivity contribution in [2.75, 3.05) is 12.4 Å². The third-order valence-corrected chi connectivity index (χ3v) is 3.28. The van der Waals surface area contributed by atoms with Gasteiger partial charge in [-0.1, -0.05) is 17.7 Å². The zero-order chi connectivity index (χ0) is 17.0. The Bertz CT molecular complexity index is 781. The molecule has 1 aromatic carbocycles. The van der Waals surface area contributed by atoms with Gasteiger partial charge in [-0.25, -0.2) is 9.48 Å². The summed E-state index contributed by atoms with van der Waals surface area (Å²) in [5.41, 5.74) is 1.22. The maximum Gasteiger partial charge on any atom is 0.330 e. The predicted molar refractivity (Wildman–Crippen MR) is 84.4 cm³/mol. The summed E-state index contributed by atoms with van der Waals surface area (Å²) in [6, 6.07) is 8.84. The van der Waals surface area contributed by atoms with Gasteiger partial charge < -0.3 is 10.1 Å². The van der Waals surface area contributed by atoms with Crippen molar-refractivity contribution < 1.29 is 14.3 Å². The molecule has 1 amide bonds. The van der Waals surface area contributed by atoms with Crippen LogP contribution in [0.15, 0.2) is 41.2 Å². The number of ether oxygens (including phenoxy) is 1. The van der Waals surface area contributed by atoms with Gasteiger partial charge in [0.15, 0.2) is 6.04 Å². The molecule has 1 unspecified atom stereocenters. The number of hydrogen-bond acceptors (Lipinski definition) is 5. The molecule has 2 aromatic rings. The Labute approximate surface area is 132 Å². The fourth-order valence-electron chi connectivity index (χ4n) is 1.93. The molecular formula is C16H17N3O4. The van der Waals surface area contributed by atoms with Crippen LogP contribution in [0.5, 0.6) is 0 Å². The Kier molecular flexibility index (Phi) is 4.90. The molecule has 7 nitrogen and oxygen atoms in total. The minimum atomic E-state index is -0.917. The molecule has 1 heterocycles. The van der Waals surface area contributed by atoms with Gasteiger partial charge in [-0.3, -0.25) is 9.59 Å². The number of aromatic nitrogens is 2. The van der Waals surface area contributed by atoms with Crippen molar-refractivity contribution in [2.24, 2.45) is 0 Å². The Morgan fingerprint density at radius 3 is 2.43 bits per heavy atom. The van der Waals surface area contributed by atoms with E-state index in [9.17, 15) is 14.4 Å². The van der Waals surface area contributed by atoms with Crippen LogP contribution in [0.2, 0.25) is 0 Å². The number of carbonyl (C=O) groups excluding carboxylic acids is 2. The molecule has 7 heteroatoms. The average Bonchev–Trinajstić information content (AvgIpc) is 2.55. The molecule has 0 saturated heterocycles. The first-order chi connectivity index (χ1) is 10.9. The third-order valence-electron chi connectivity index (χ3n) is 3.28. The van der Waals surface area contributed by atoms with Gasteiger partial charge in [-0.05, 0) is 32.0 Å². The van der Waals surface area contributed by atoms with Crippen LogP contribution in [0.1, 0.15) is 29.0 Å². The predicted octanol–water partition coefficient (Wildman–Crippen LogP) is 1.54. The van der Waals surface area contributed by atoms with E-state index in [1.165, 1.54) is 26.2 Å². The van der Waals surface area contributed by atoms with Gasteiger partial charge in [-0.2, -0.15) is 5.10 Å². The lowest BCUT2D eigenvalue weighted by Gasteiger charge is -2.12. The van der Waals surface area contributed by atoms with E-state index in [0.717, 1.165) is 10.2 Å². The Hall–Kier alpha value is -2.96. The summed E-state index contributed by atoms with van der Waals surface area (Å²) in [6.07, 6.45) is 0. The van der Waals surface area contributed by atoms with Crippen LogP contribution in [0.25, 0.3) is 0 Å². The summed E-state index contributed by atoms with van der Waals surface area (Å²) >= 11 is 0. The molecule has 2 rings (SSSR count). The maximum atomic E-state index is 12.2. The van der Waals surface area contributed by atoms with E-state index in [2.05, 4.69) is 15.2 Å². The van der Waals surface area contributed by atoms with Crippen molar-refractivity contribution >= 4 is 17.6 Å². The van der Waals surface area contributed by atoms with Crippen LogP contribution in [0.4, 0.5) is 5.69 Å². The van der Waals surface area contributed by atoms with E-state index in [0.29, 0.717) is 5.69 Å². The minimum Gasteiger partial charge on any atom is -0.467 e. The van der Waals surface area contributed by atoms with Gasteiger partial charge in [0.25, 0.3) is 11.5 Å². The Morgan fingerprint density at radius 2 is 1.83 bits per heavy atom. The zero-order valence-electron chi connectivity index (χ0n) is 13.1. The standard InChI is InChI=1S/C16H17N3O4/c1-10-4-6-12(7-5-10)17-15(21)13-8-9-14(20)19(18-13)11(2)16(22)23-3/h4-9,11H,1-3H3,(H,17,21). The number of nitrogens with one attached hydrogen (secondary N) is 1. The number of benzene rings is 1. The maximum absolute atomic E-state index is 12.2. The number of carbonyl (C=O) groups is 2. The molecule has 1 aromatic heterocycles. The first-order valence-electron chi connectivity index (χ1n) is 6.98. The second-order valence-electron chi connectivity index (χ2n) is 5.02. The quantitative estimate of drug-likeness (QED) is 0.864. The molecule has 0 bridgehead atoms. The van der Waals surface area contributed by atoms with E-state index >= 15 is 0 Å². The molecule has 0 aliphatic rings. The smallest absolute Gasteiger partial charge is 0.330 e. The average molecular weight is 315 g/mol. The molecule has 0 fully saturated rings. The number of anilines is 1. The lowest BCUT2D eigenvalue weighted by Crippen LogP contribution is -2.32. The highest BCUT2D eigenvalue weighted by Gasteiger charge is 2.19. The number of amides is 1. The van der Waals surface area contributed by atoms with Crippen molar-refractivity contribution in [1.29, 1.82) is 0 Å². The largest absolute Gasteiger partial charge is 0.467 e. The summed E-state index contributed by atoms with van der Waals surface area (Å²) in [4.78, 5) is 35.6. The van der Waals surface area contributed by atoms with E-state index in [4.69, 9.17) is 0 Å². The minimum absolute atomic E-state index is 0.0286. The molecule has 0 saturated carbocycles. The monoisotopic (exact) mass is 315 g/mol. The van der Waals surface area contributed by atoms with E-state index in [-0.39, 0.29) is 5.69 Å². The SMILES string of the molecule is COC(=O)C(C)n1nc(C(=O)Nc2ccc(C)cc2)ccc1=O. The van der Waals surface area contributed by atoms with Crippen LogP contribution in [-0.2, 0) is 9.53 Å². The Morgan fingerprint density at radius 1 is 1.17 bits per heavy atom. The van der Waals surface area contributed by atoms with E-state index in [1.54, 1.807) is 12.1 Å². The number of nitrogens with zero attached hydrogens (tertiary/aromatic N) is 2. The summed E-state index contributed by atoms with van der Waals surface area (Å²) < 4.78 is 5.52. The molecule has 120 valence electrons. The molecule has 0 aliphatic heterocycles. The number of methoxy groups -OCH3 is 1. The van der Waals surface area contributed by atoms with E-state index < -0.39 is 23.5 Å². The molecule has 0 aliphatic carbocycles. The summed E-state index contributed by atoms with van der Waals surface area (Å²) in [5, 5.41) is 6.63. The first kappa shape index (κ1) is 16.4. The summed E-state index contributed by atoms with van der Waals surface area (Å²) in [7, 11) is 1.22. The third kappa shape index (κ3) is 3.82. The van der Waals surface area contributed by atoms with Crippen LogP contribution in [-0.4, -0.2) is 28.8 Å². The fraction of sp³-hybridized carbons (Fsp3) is 0.250. The summed E-state index contributed by atoms with van der Waals surface area (Å²) in [6.45, 7) is 3.42. The number of esters is 1. The van der Waals surface area contributed by atoms with Crippen LogP contribution in [0, 0.1) is 6.92 Å². The second-order valence-corrected chi connectivity index (χ2v) is 5.02. The van der Waals surface area contributed by atoms with E-state index in [1.807, 2.05) is 19.1 Å². The van der Waals surface area contributed by atoms with Gasteiger partial charge >= 0.3 is 5.97 Å². The highest BCUT2D eigenvalue weighted by Crippen LogP contribution is 2.10. The van der Waals surface area contributed by atoms with Gasteiger partial charge in [0.2, 0.25) is 0 Å². The normalized spacial score (nSPS) is 11.6.